The molecule has 1 aliphatic heterocycles. The first kappa shape index (κ1) is 11.5. The van der Waals surface area contributed by atoms with Crippen LogP contribution in [0.3, 0.4) is 0 Å². The van der Waals surface area contributed by atoms with E-state index in [1.165, 1.54) is 11.8 Å². The van der Waals surface area contributed by atoms with Crippen molar-refractivity contribution in [1.29, 1.82) is 0 Å². The number of aliphatic imine (C=N–C) groups is 1. The number of hydrogen-bond donors (Lipinski definition) is 0. The molecule has 0 saturated carbocycles. The fourth-order valence-electron chi connectivity index (χ4n) is 1.56. The molecule has 1 heterocycles. The van der Waals surface area contributed by atoms with Gasteiger partial charge in [0, 0.05) is 5.02 Å². The molecule has 1 aromatic rings. The highest BCUT2D eigenvalue weighted by molar-refractivity contribution is 8.13. The molecule has 16 heavy (non-hydrogen) atoms. The highest BCUT2D eigenvalue weighted by Crippen LogP contribution is 2.18. The van der Waals surface area contributed by atoms with Gasteiger partial charge in [-0.2, -0.15) is 0 Å². The maximum absolute atomic E-state index is 11.6. The Kier molecular flexibility index (Phi) is 3.51. The summed E-state index contributed by atoms with van der Waals surface area (Å²) in [6, 6.07) is 7.52. The summed E-state index contributed by atoms with van der Waals surface area (Å²) in [7, 11) is 0. The van der Waals surface area contributed by atoms with Gasteiger partial charge in [0.1, 0.15) is 6.54 Å². The lowest BCUT2D eigenvalue weighted by molar-refractivity contribution is -0.125. The van der Waals surface area contributed by atoms with Gasteiger partial charge in [-0.3, -0.25) is 14.7 Å². The highest BCUT2D eigenvalue weighted by atomic mass is 35.5. The molecule has 1 aliphatic rings. The fraction of sp³-hybridized carbons (Fsp3) is 0.273. The number of thioether (sulfide) groups is 1. The quantitative estimate of drug-likeness (QED) is 0.812. The SMILES string of the molecule is CSC1=NCC(=O)N1Cc1cccc(Cl)c1. The van der Waals surface area contributed by atoms with Gasteiger partial charge in [-0.05, 0) is 24.0 Å². The zero-order valence-electron chi connectivity index (χ0n) is 8.81. The Morgan fingerprint density at radius 1 is 1.56 bits per heavy atom. The number of nitrogens with zero attached hydrogens (tertiary/aromatic N) is 2. The third kappa shape index (κ3) is 2.39. The van der Waals surface area contributed by atoms with Crippen molar-refractivity contribution < 1.29 is 4.79 Å². The molecule has 1 aromatic carbocycles. The molecule has 0 unspecified atom stereocenters. The van der Waals surface area contributed by atoms with E-state index in [2.05, 4.69) is 4.99 Å². The summed E-state index contributed by atoms with van der Waals surface area (Å²) >= 11 is 7.39. The van der Waals surface area contributed by atoms with Crippen LogP contribution in [0.4, 0.5) is 0 Å². The van der Waals surface area contributed by atoms with Crippen LogP contribution in [0, 0.1) is 0 Å². The van der Waals surface area contributed by atoms with E-state index in [4.69, 9.17) is 11.6 Å². The molecule has 0 saturated heterocycles. The lowest BCUT2D eigenvalue weighted by atomic mass is 10.2. The number of rotatable bonds is 2. The second kappa shape index (κ2) is 4.89. The molecule has 0 radical (unpaired) electrons. The van der Waals surface area contributed by atoms with E-state index < -0.39 is 0 Å². The van der Waals surface area contributed by atoms with Crippen LogP contribution in [0.5, 0.6) is 0 Å². The molecular weight excluding hydrogens is 244 g/mol. The molecule has 3 nitrogen and oxygen atoms in total. The van der Waals surface area contributed by atoms with Gasteiger partial charge >= 0.3 is 0 Å². The van der Waals surface area contributed by atoms with Crippen LogP contribution >= 0.6 is 23.4 Å². The lowest BCUT2D eigenvalue weighted by Gasteiger charge is -2.16. The van der Waals surface area contributed by atoms with Crippen LogP contribution in [0.15, 0.2) is 29.3 Å². The van der Waals surface area contributed by atoms with Gasteiger partial charge in [0.05, 0.1) is 6.54 Å². The summed E-state index contributed by atoms with van der Waals surface area (Å²) in [5.74, 6) is 0.0457. The first-order valence-electron chi connectivity index (χ1n) is 4.84. The van der Waals surface area contributed by atoms with Gasteiger partial charge in [-0.1, -0.05) is 35.5 Å². The summed E-state index contributed by atoms with van der Waals surface area (Å²) in [6.45, 7) is 0.801. The Bertz CT molecular complexity index is 447. The molecule has 0 aliphatic carbocycles. The molecule has 2 rings (SSSR count). The lowest BCUT2D eigenvalue weighted by Crippen LogP contribution is -2.30. The zero-order chi connectivity index (χ0) is 11.5. The number of amidine groups is 1. The molecule has 0 N–H and O–H groups in total. The van der Waals surface area contributed by atoms with Crippen molar-refractivity contribution in [2.24, 2.45) is 4.99 Å². The minimum atomic E-state index is 0.0457. The van der Waals surface area contributed by atoms with Crippen LogP contribution in [-0.2, 0) is 11.3 Å². The van der Waals surface area contributed by atoms with E-state index in [-0.39, 0.29) is 12.5 Å². The minimum absolute atomic E-state index is 0.0457. The largest absolute Gasteiger partial charge is 0.285 e. The third-order valence-electron chi connectivity index (χ3n) is 2.29. The standard InChI is InChI=1S/C11H11ClN2OS/c1-16-11-13-6-10(15)14(11)7-8-3-2-4-9(12)5-8/h2-5H,6-7H2,1H3. The predicted octanol–water partition coefficient (Wildman–Crippen LogP) is 2.40. The molecule has 0 bridgehead atoms. The topological polar surface area (TPSA) is 32.7 Å². The van der Waals surface area contributed by atoms with Crippen molar-refractivity contribution in [3.63, 3.8) is 0 Å². The van der Waals surface area contributed by atoms with Crippen molar-refractivity contribution in [3.05, 3.63) is 34.9 Å². The van der Waals surface area contributed by atoms with E-state index in [1.807, 2.05) is 30.5 Å². The van der Waals surface area contributed by atoms with E-state index in [9.17, 15) is 4.79 Å². The van der Waals surface area contributed by atoms with Crippen LogP contribution in [-0.4, -0.2) is 28.8 Å². The fourth-order valence-corrected chi connectivity index (χ4v) is 2.35. The van der Waals surface area contributed by atoms with Gasteiger partial charge in [0.15, 0.2) is 5.17 Å². The maximum atomic E-state index is 11.6. The van der Waals surface area contributed by atoms with Gasteiger partial charge in [0.2, 0.25) is 0 Å². The van der Waals surface area contributed by atoms with Crippen molar-refractivity contribution in [2.75, 3.05) is 12.8 Å². The Labute approximate surface area is 103 Å². The summed E-state index contributed by atoms with van der Waals surface area (Å²) in [6.07, 6.45) is 1.92. The van der Waals surface area contributed by atoms with Crippen LogP contribution in [0.1, 0.15) is 5.56 Å². The maximum Gasteiger partial charge on any atom is 0.250 e. The predicted molar refractivity (Wildman–Crippen MR) is 67.8 cm³/mol. The monoisotopic (exact) mass is 254 g/mol. The van der Waals surface area contributed by atoms with Gasteiger partial charge in [-0.15, -0.1) is 0 Å². The molecular formula is C11H11ClN2OS. The normalized spacial score (nSPS) is 15.5. The van der Waals surface area contributed by atoms with E-state index in [1.54, 1.807) is 4.90 Å². The zero-order valence-corrected chi connectivity index (χ0v) is 10.4. The summed E-state index contributed by atoms with van der Waals surface area (Å²) in [5, 5.41) is 1.47. The number of carbonyl (C=O) groups is 1. The third-order valence-corrected chi connectivity index (χ3v) is 3.24. The first-order chi connectivity index (χ1) is 7.70. The van der Waals surface area contributed by atoms with Crippen LogP contribution in [0.25, 0.3) is 0 Å². The summed E-state index contributed by atoms with van der Waals surface area (Å²) < 4.78 is 0. The molecule has 0 fully saturated rings. The van der Waals surface area contributed by atoms with E-state index >= 15 is 0 Å². The van der Waals surface area contributed by atoms with Crippen molar-refractivity contribution in [2.45, 2.75) is 6.54 Å². The number of carbonyl (C=O) groups excluding carboxylic acids is 1. The Morgan fingerprint density at radius 3 is 3.06 bits per heavy atom. The highest BCUT2D eigenvalue weighted by Gasteiger charge is 2.24. The van der Waals surface area contributed by atoms with Crippen molar-refractivity contribution in [3.8, 4) is 0 Å². The smallest absolute Gasteiger partial charge is 0.250 e. The number of halogens is 1. The number of amides is 1. The van der Waals surface area contributed by atoms with E-state index in [0.717, 1.165) is 10.7 Å². The summed E-state index contributed by atoms with van der Waals surface area (Å²) in [5.41, 5.74) is 1.02. The van der Waals surface area contributed by atoms with Crippen LogP contribution in [0.2, 0.25) is 5.02 Å². The average Bonchev–Trinajstić information content (AvgIpc) is 2.60. The van der Waals surface area contributed by atoms with E-state index in [0.29, 0.717) is 11.6 Å². The first-order valence-corrected chi connectivity index (χ1v) is 6.44. The van der Waals surface area contributed by atoms with Crippen molar-refractivity contribution in [1.82, 2.24) is 4.90 Å². The van der Waals surface area contributed by atoms with Gasteiger partial charge < -0.3 is 0 Å². The molecule has 0 atom stereocenters. The van der Waals surface area contributed by atoms with Gasteiger partial charge in [0.25, 0.3) is 5.91 Å². The summed E-state index contributed by atoms with van der Waals surface area (Å²) in [4.78, 5) is 17.4. The second-order valence-corrected chi connectivity index (χ2v) is 4.62. The van der Waals surface area contributed by atoms with Crippen LogP contribution < -0.4 is 0 Å². The number of hydrogen-bond acceptors (Lipinski definition) is 3. The molecule has 0 spiro atoms. The average molecular weight is 255 g/mol. The molecule has 1 amide bonds. The molecule has 0 aromatic heterocycles. The Balaban J connectivity index is 2.15. The molecule has 5 heteroatoms. The Hall–Kier alpha value is -1.00. The minimum Gasteiger partial charge on any atom is -0.285 e. The number of benzene rings is 1. The second-order valence-electron chi connectivity index (χ2n) is 3.41. The van der Waals surface area contributed by atoms with Gasteiger partial charge in [-0.25, -0.2) is 0 Å². The Morgan fingerprint density at radius 2 is 2.38 bits per heavy atom. The molecule has 84 valence electrons. The van der Waals surface area contributed by atoms with Crippen molar-refractivity contribution >= 4 is 34.4 Å².